The van der Waals surface area contributed by atoms with Crippen LogP contribution in [-0.4, -0.2) is 11.7 Å². The van der Waals surface area contributed by atoms with Crippen molar-refractivity contribution in [2.75, 3.05) is 6.61 Å². The van der Waals surface area contributed by atoms with E-state index in [-0.39, 0.29) is 0 Å². The number of hydrogen-bond acceptors (Lipinski definition) is 1. The number of hydrogen-bond donors (Lipinski definition) is 1. The molecule has 0 amide bonds. The Balaban J connectivity index is 1.64. The second-order valence-corrected chi connectivity index (χ2v) is 8.11. The Morgan fingerprint density at radius 2 is 1.43 bits per heavy atom. The van der Waals surface area contributed by atoms with Crippen molar-refractivity contribution < 1.29 is 5.11 Å². The van der Waals surface area contributed by atoms with E-state index in [2.05, 4.69) is 13.8 Å². The Labute approximate surface area is 132 Å². The zero-order valence-corrected chi connectivity index (χ0v) is 14.5. The van der Waals surface area contributed by atoms with Gasteiger partial charge in [-0.25, -0.2) is 0 Å². The molecule has 1 nitrogen and oxygen atoms in total. The first-order valence-corrected chi connectivity index (χ1v) is 9.85. The van der Waals surface area contributed by atoms with Crippen LogP contribution in [0.4, 0.5) is 0 Å². The highest BCUT2D eigenvalue weighted by Gasteiger charge is 2.31. The highest BCUT2D eigenvalue weighted by molar-refractivity contribution is 4.83. The molecular weight excluding hydrogens is 256 g/mol. The van der Waals surface area contributed by atoms with Crippen molar-refractivity contribution in [3.63, 3.8) is 0 Å². The first-order chi connectivity index (χ1) is 10.2. The molecule has 2 saturated carbocycles. The van der Waals surface area contributed by atoms with Gasteiger partial charge in [-0.3, -0.25) is 0 Å². The van der Waals surface area contributed by atoms with Crippen molar-refractivity contribution in [1.82, 2.24) is 0 Å². The maximum Gasteiger partial charge on any atom is 0.0459 e. The summed E-state index contributed by atoms with van der Waals surface area (Å²) in [6.45, 7) is 4.93. The summed E-state index contributed by atoms with van der Waals surface area (Å²) in [5.41, 5.74) is 0. The number of rotatable bonds is 7. The number of aliphatic hydroxyl groups excluding tert-OH is 1. The normalized spacial score (nSPS) is 35.6. The largest absolute Gasteiger partial charge is 0.396 e. The molecule has 0 saturated heterocycles. The Hall–Kier alpha value is -0.0400. The van der Waals surface area contributed by atoms with Gasteiger partial charge in [0.25, 0.3) is 0 Å². The molecule has 0 aromatic carbocycles. The fourth-order valence-electron chi connectivity index (χ4n) is 4.97. The lowest BCUT2D eigenvalue weighted by atomic mass is 9.67. The predicted octanol–water partition coefficient (Wildman–Crippen LogP) is 5.81. The molecule has 2 aliphatic carbocycles. The fourth-order valence-corrected chi connectivity index (χ4v) is 4.97. The SMILES string of the molecule is CCCCCC1CCC(C2CCC(C(C)CO)CC2)CC1. The molecule has 1 atom stereocenters. The molecule has 2 aliphatic rings. The molecule has 1 unspecified atom stereocenters. The number of aliphatic hydroxyl groups is 1. The van der Waals surface area contributed by atoms with Gasteiger partial charge in [0.05, 0.1) is 0 Å². The van der Waals surface area contributed by atoms with E-state index in [4.69, 9.17) is 0 Å². The van der Waals surface area contributed by atoms with Gasteiger partial charge in [0.1, 0.15) is 0 Å². The van der Waals surface area contributed by atoms with Gasteiger partial charge in [-0.1, -0.05) is 52.4 Å². The van der Waals surface area contributed by atoms with Gasteiger partial charge in [0, 0.05) is 6.61 Å². The van der Waals surface area contributed by atoms with Gasteiger partial charge < -0.3 is 5.11 Å². The fraction of sp³-hybridized carbons (Fsp3) is 1.00. The summed E-state index contributed by atoms with van der Waals surface area (Å²) < 4.78 is 0. The molecule has 1 N–H and O–H groups in total. The number of unbranched alkanes of at least 4 members (excludes halogenated alkanes) is 2. The van der Waals surface area contributed by atoms with E-state index in [9.17, 15) is 5.11 Å². The summed E-state index contributed by atoms with van der Waals surface area (Å²) in [4.78, 5) is 0. The Bertz CT molecular complexity index is 259. The van der Waals surface area contributed by atoms with Crippen LogP contribution < -0.4 is 0 Å². The molecule has 2 rings (SSSR count). The van der Waals surface area contributed by atoms with Crippen molar-refractivity contribution in [2.45, 2.75) is 90.9 Å². The van der Waals surface area contributed by atoms with Crippen LogP contribution in [0.1, 0.15) is 90.9 Å². The molecule has 0 heterocycles. The van der Waals surface area contributed by atoms with Crippen molar-refractivity contribution in [1.29, 1.82) is 0 Å². The van der Waals surface area contributed by atoms with Crippen LogP contribution in [0.3, 0.4) is 0 Å². The quantitative estimate of drug-likeness (QED) is 0.588. The molecule has 0 spiro atoms. The molecule has 0 aromatic rings. The average Bonchev–Trinajstić information content (AvgIpc) is 2.55. The van der Waals surface area contributed by atoms with Gasteiger partial charge in [-0.05, 0) is 68.1 Å². The van der Waals surface area contributed by atoms with E-state index < -0.39 is 0 Å². The van der Waals surface area contributed by atoms with Crippen LogP contribution in [0.15, 0.2) is 0 Å². The molecule has 1 heteroatoms. The Kier molecular flexibility index (Phi) is 7.57. The molecule has 0 bridgehead atoms. The third-order valence-electron chi connectivity index (χ3n) is 6.68. The molecule has 124 valence electrons. The van der Waals surface area contributed by atoms with Gasteiger partial charge in [0.2, 0.25) is 0 Å². The molecule has 2 fully saturated rings. The van der Waals surface area contributed by atoms with E-state index in [0.29, 0.717) is 12.5 Å². The smallest absolute Gasteiger partial charge is 0.0459 e. The van der Waals surface area contributed by atoms with E-state index in [1.807, 2.05) is 0 Å². The van der Waals surface area contributed by atoms with E-state index in [1.54, 1.807) is 0 Å². The minimum Gasteiger partial charge on any atom is -0.396 e. The summed E-state index contributed by atoms with van der Waals surface area (Å²) in [6, 6.07) is 0. The lowest BCUT2D eigenvalue weighted by molar-refractivity contribution is 0.104. The maximum absolute atomic E-state index is 9.32. The second-order valence-electron chi connectivity index (χ2n) is 8.11. The van der Waals surface area contributed by atoms with Gasteiger partial charge >= 0.3 is 0 Å². The van der Waals surface area contributed by atoms with Crippen molar-refractivity contribution >= 4 is 0 Å². The zero-order chi connectivity index (χ0) is 15.1. The average molecular weight is 295 g/mol. The summed E-state index contributed by atoms with van der Waals surface area (Å²) in [7, 11) is 0. The van der Waals surface area contributed by atoms with Crippen molar-refractivity contribution in [2.24, 2.45) is 29.6 Å². The monoisotopic (exact) mass is 294 g/mol. The first-order valence-electron chi connectivity index (χ1n) is 9.85. The van der Waals surface area contributed by atoms with Crippen molar-refractivity contribution in [3.05, 3.63) is 0 Å². The molecule has 21 heavy (non-hydrogen) atoms. The lowest BCUT2D eigenvalue weighted by Crippen LogP contribution is -2.28. The third kappa shape index (κ3) is 5.27. The van der Waals surface area contributed by atoms with Crippen LogP contribution in [0.5, 0.6) is 0 Å². The van der Waals surface area contributed by atoms with Crippen LogP contribution in [0.2, 0.25) is 0 Å². The minimum atomic E-state index is 0.387. The highest BCUT2D eigenvalue weighted by atomic mass is 16.3. The van der Waals surface area contributed by atoms with E-state index in [1.165, 1.54) is 77.0 Å². The lowest BCUT2D eigenvalue weighted by Gasteiger charge is -2.39. The molecule has 0 aromatic heterocycles. The third-order valence-corrected chi connectivity index (χ3v) is 6.68. The van der Waals surface area contributed by atoms with E-state index in [0.717, 1.165) is 23.7 Å². The minimum absolute atomic E-state index is 0.387. The summed E-state index contributed by atoms with van der Waals surface area (Å²) in [5.74, 6) is 4.44. The van der Waals surface area contributed by atoms with Gasteiger partial charge in [-0.15, -0.1) is 0 Å². The van der Waals surface area contributed by atoms with Crippen LogP contribution in [-0.2, 0) is 0 Å². The second kappa shape index (κ2) is 9.18. The van der Waals surface area contributed by atoms with Crippen LogP contribution in [0, 0.1) is 29.6 Å². The van der Waals surface area contributed by atoms with Crippen LogP contribution in [0.25, 0.3) is 0 Å². The summed E-state index contributed by atoms with van der Waals surface area (Å²) in [6.07, 6.45) is 17.5. The standard InChI is InChI=1S/C20H38O/c1-3-4-5-6-17-7-9-19(10-8-17)20-13-11-18(12-14-20)16(2)15-21/h16-21H,3-15H2,1-2H3. The zero-order valence-electron chi connectivity index (χ0n) is 14.5. The van der Waals surface area contributed by atoms with Crippen LogP contribution >= 0.6 is 0 Å². The first kappa shape index (κ1) is 17.3. The summed E-state index contributed by atoms with van der Waals surface area (Å²) in [5, 5.41) is 9.32. The Morgan fingerprint density at radius 1 is 0.857 bits per heavy atom. The maximum atomic E-state index is 9.32. The molecule has 0 aliphatic heterocycles. The molecular formula is C20H38O. The van der Waals surface area contributed by atoms with E-state index >= 15 is 0 Å². The molecule has 0 radical (unpaired) electrons. The Morgan fingerprint density at radius 3 is 1.95 bits per heavy atom. The topological polar surface area (TPSA) is 20.2 Å². The predicted molar refractivity (Wildman–Crippen MR) is 91.3 cm³/mol. The summed E-state index contributed by atoms with van der Waals surface area (Å²) >= 11 is 0. The van der Waals surface area contributed by atoms with Gasteiger partial charge in [0.15, 0.2) is 0 Å². The van der Waals surface area contributed by atoms with Crippen molar-refractivity contribution in [3.8, 4) is 0 Å². The van der Waals surface area contributed by atoms with Gasteiger partial charge in [-0.2, -0.15) is 0 Å². The highest BCUT2D eigenvalue weighted by Crippen LogP contribution is 2.43.